The average Bonchev–Trinajstić information content (AvgIpc) is 2.52. The van der Waals surface area contributed by atoms with Crippen LogP contribution >= 0.6 is 0 Å². The lowest BCUT2D eigenvalue weighted by molar-refractivity contribution is -0.145. The molecule has 8 nitrogen and oxygen atoms in total. The van der Waals surface area contributed by atoms with Crippen LogP contribution in [0.25, 0.3) is 5.57 Å². The Labute approximate surface area is 144 Å². The molecule has 1 aliphatic carbocycles. The van der Waals surface area contributed by atoms with Crippen molar-refractivity contribution in [2.75, 3.05) is 0 Å². The number of carboxylic acid groups (broad SMARTS) is 2. The highest BCUT2D eigenvalue weighted by atomic mass is 32.2. The van der Waals surface area contributed by atoms with Crippen molar-refractivity contribution in [1.82, 2.24) is 0 Å². The van der Waals surface area contributed by atoms with Crippen LogP contribution in [0.4, 0.5) is 0 Å². The van der Waals surface area contributed by atoms with E-state index in [9.17, 15) is 28.2 Å². The number of hydrogen-bond donors (Lipinski definition) is 4. The van der Waals surface area contributed by atoms with Gasteiger partial charge >= 0.3 is 11.9 Å². The normalized spacial score (nSPS) is 20.6. The fourth-order valence-electron chi connectivity index (χ4n) is 2.67. The Morgan fingerprint density at radius 2 is 1.92 bits per heavy atom. The number of allylic oxidation sites excluding steroid dienone is 2. The van der Waals surface area contributed by atoms with E-state index in [2.05, 4.69) is 0 Å². The molecule has 0 saturated heterocycles. The summed E-state index contributed by atoms with van der Waals surface area (Å²) in [4.78, 5) is 22.7. The van der Waals surface area contributed by atoms with Gasteiger partial charge in [0.25, 0.3) is 0 Å². The van der Waals surface area contributed by atoms with Crippen LogP contribution in [0.5, 0.6) is 0 Å². The topological polar surface area (TPSA) is 161 Å². The molecule has 2 rings (SSSR count). The van der Waals surface area contributed by atoms with Crippen LogP contribution in [-0.4, -0.2) is 30.6 Å². The van der Waals surface area contributed by atoms with E-state index in [1.165, 1.54) is 31.2 Å². The van der Waals surface area contributed by atoms with E-state index in [1.807, 2.05) is 0 Å². The zero-order chi connectivity index (χ0) is 19.0. The molecular formula is C16H18N2O6S. The molecule has 0 saturated carbocycles. The second kappa shape index (κ2) is 6.43. The third kappa shape index (κ3) is 3.78. The van der Waals surface area contributed by atoms with E-state index >= 15 is 0 Å². The monoisotopic (exact) mass is 366 g/mol. The summed E-state index contributed by atoms with van der Waals surface area (Å²) in [5.74, 6) is -2.48. The molecule has 0 heterocycles. The Morgan fingerprint density at radius 1 is 1.28 bits per heavy atom. The number of sulfonamides is 1. The van der Waals surface area contributed by atoms with E-state index in [-0.39, 0.29) is 34.6 Å². The Bertz CT molecular complexity index is 917. The molecule has 6 N–H and O–H groups in total. The number of aliphatic carboxylic acids is 2. The number of benzene rings is 1. The van der Waals surface area contributed by atoms with Crippen molar-refractivity contribution in [2.24, 2.45) is 16.3 Å². The molecule has 0 aliphatic heterocycles. The SMILES string of the molecule is CC1(C(=O)O)C=C(c2ccc(CN)cc2S(N)(=O)=O)C=C(C(=O)O)C1. The Kier molecular flexibility index (Phi) is 4.85. The summed E-state index contributed by atoms with van der Waals surface area (Å²) in [6.07, 6.45) is 2.39. The predicted octanol–water partition coefficient (Wildman–Crippen LogP) is 0.682. The molecule has 0 spiro atoms. The lowest BCUT2D eigenvalue weighted by Gasteiger charge is -2.27. The first-order valence-corrected chi connectivity index (χ1v) is 8.79. The molecule has 0 radical (unpaired) electrons. The van der Waals surface area contributed by atoms with E-state index < -0.39 is 27.4 Å². The van der Waals surface area contributed by atoms with Crippen LogP contribution in [0.15, 0.2) is 40.8 Å². The maximum absolute atomic E-state index is 11.9. The lowest BCUT2D eigenvalue weighted by atomic mass is 9.76. The number of primary sulfonamides is 1. The maximum Gasteiger partial charge on any atom is 0.331 e. The summed E-state index contributed by atoms with van der Waals surface area (Å²) in [6.45, 7) is 1.46. The van der Waals surface area contributed by atoms with Gasteiger partial charge in [0.2, 0.25) is 10.0 Å². The van der Waals surface area contributed by atoms with Gasteiger partial charge in [-0.3, -0.25) is 4.79 Å². The predicted molar refractivity (Wildman–Crippen MR) is 89.8 cm³/mol. The molecule has 1 aromatic carbocycles. The van der Waals surface area contributed by atoms with Crippen LogP contribution in [0.1, 0.15) is 24.5 Å². The molecule has 1 aromatic rings. The summed E-state index contributed by atoms with van der Waals surface area (Å²) >= 11 is 0. The van der Waals surface area contributed by atoms with Crippen molar-refractivity contribution in [1.29, 1.82) is 0 Å². The van der Waals surface area contributed by atoms with Gasteiger partial charge in [0.1, 0.15) is 0 Å². The van der Waals surface area contributed by atoms with E-state index in [4.69, 9.17) is 10.9 Å². The van der Waals surface area contributed by atoms with Gasteiger partial charge in [0.15, 0.2) is 0 Å². The summed E-state index contributed by atoms with van der Waals surface area (Å²) < 4.78 is 23.9. The third-order valence-corrected chi connectivity index (χ3v) is 4.97. The summed E-state index contributed by atoms with van der Waals surface area (Å²) in [7, 11) is -4.13. The molecule has 9 heteroatoms. The molecule has 1 atom stereocenters. The first-order chi connectivity index (χ1) is 11.5. The summed E-state index contributed by atoms with van der Waals surface area (Å²) in [5, 5.41) is 24.0. The summed E-state index contributed by atoms with van der Waals surface area (Å²) in [6, 6.07) is 4.32. The van der Waals surface area contributed by atoms with Crippen LogP contribution in [0.2, 0.25) is 0 Å². The first kappa shape index (κ1) is 18.8. The standard InChI is InChI=1S/C16H18N2O6S/c1-16(15(21)22)6-10(5-11(7-16)14(19)20)12-3-2-9(8-17)4-13(12)25(18,23)24/h2-6H,7-8,17H2,1H3,(H,19,20)(H,21,22)(H2,18,23,24). The molecule has 25 heavy (non-hydrogen) atoms. The molecule has 0 amide bonds. The fourth-order valence-corrected chi connectivity index (χ4v) is 3.48. The molecule has 0 aromatic heterocycles. The van der Waals surface area contributed by atoms with Gasteiger partial charge < -0.3 is 15.9 Å². The largest absolute Gasteiger partial charge is 0.481 e. The Hall–Kier alpha value is -2.49. The molecule has 0 bridgehead atoms. The Balaban J connectivity index is 2.76. The number of nitrogens with two attached hydrogens (primary N) is 2. The lowest BCUT2D eigenvalue weighted by Crippen LogP contribution is -2.29. The van der Waals surface area contributed by atoms with Crippen molar-refractivity contribution in [2.45, 2.75) is 24.8 Å². The van der Waals surface area contributed by atoms with Gasteiger partial charge in [-0.05, 0) is 36.6 Å². The highest BCUT2D eigenvalue weighted by molar-refractivity contribution is 7.89. The van der Waals surface area contributed by atoms with Crippen molar-refractivity contribution in [3.05, 3.63) is 47.1 Å². The van der Waals surface area contributed by atoms with Crippen LogP contribution in [-0.2, 0) is 26.2 Å². The van der Waals surface area contributed by atoms with Crippen molar-refractivity contribution in [3.63, 3.8) is 0 Å². The zero-order valence-electron chi connectivity index (χ0n) is 13.4. The van der Waals surface area contributed by atoms with Gasteiger partial charge in [-0.2, -0.15) is 0 Å². The quantitative estimate of drug-likeness (QED) is 0.596. The smallest absolute Gasteiger partial charge is 0.331 e. The summed E-state index contributed by atoms with van der Waals surface area (Å²) in [5.41, 5.74) is 4.72. The van der Waals surface area contributed by atoms with Gasteiger partial charge in [-0.25, -0.2) is 18.4 Å². The fraction of sp³-hybridized carbons (Fsp3) is 0.250. The number of hydrogen-bond acceptors (Lipinski definition) is 5. The minimum atomic E-state index is -4.13. The second-order valence-electron chi connectivity index (χ2n) is 6.05. The minimum Gasteiger partial charge on any atom is -0.481 e. The molecule has 1 unspecified atom stereocenters. The molecule has 1 aliphatic rings. The first-order valence-electron chi connectivity index (χ1n) is 7.24. The molecular weight excluding hydrogens is 348 g/mol. The van der Waals surface area contributed by atoms with E-state index in [0.29, 0.717) is 5.56 Å². The third-order valence-electron chi connectivity index (χ3n) is 4.02. The van der Waals surface area contributed by atoms with E-state index in [1.54, 1.807) is 6.07 Å². The highest BCUT2D eigenvalue weighted by Gasteiger charge is 2.37. The van der Waals surface area contributed by atoms with Gasteiger partial charge in [-0.15, -0.1) is 0 Å². The van der Waals surface area contributed by atoms with Gasteiger partial charge in [0, 0.05) is 17.7 Å². The van der Waals surface area contributed by atoms with Crippen LogP contribution < -0.4 is 10.9 Å². The van der Waals surface area contributed by atoms with Gasteiger partial charge in [-0.1, -0.05) is 18.2 Å². The number of rotatable bonds is 5. The van der Waals surface area contributed by atoms with Crippen molar-refractivity contribution in [3.8, 4) is 0 Å². The van der Waals surface area contributed by atoms with Gasteiger partial charge in [0.05, 0.1) is 10.3 Å². The molecule has 0 fully saturated rings. The van der Waals surface area contributed by atoms with Crippen molar-refractivity contribution >= 4 is 27.5 Å². The number of carboxylic acids is 2. The number of carbonyl (C=O) groups is 2. The minimum absolute atomic E-state index is 0.0882. The average molecular weight is 366 g/mol. The van der Waals surface area contributed by atoms with Crippen LogP contribution in [0.3, 0.4) is 0 Å². The zero-order valence-corrected chi connectivity index (χ0v) is 14.2. The molecule has 134 valence electrons. The maximum atomic E-state index is 11.9. The Morgan fingerprint density at radius 3 is 2.40 bits per heavy atom. The highest BCUT2D eigenvalue weighted by Crippen LogP contribution is 2.39. The van der Waals surface area contributed by atoms with Crippen molar-refractivity contribution < 1.29 is 28.2 Å². The van der Waals surface area contributed by atoms with Crippen LogP contribution in [0, 0.1) is 5.41 Å². The second-order valence-corrected chi connectivity index (χ2v) is 7.58. The van der Waals surface area contributed by atoms with E-state index in [0.717, 1.165) is 0 Å².